The summed E-state index contributed by atoms with van der Waals surface area (Å²) in [5.41, 5.74) is 1.47. The number of fused-ring (bicyclic) bond motifs is 1. The zero-order valence-corrected chi connectivity index (χ0v) is 15.8. The van der Waals surface area contributed by atoms with E-state index < -0.39 is 0 Å². The minimum atomic E-state index is 0.365. The molecule has 0 atom stereocenters. The molecule has 3 aromatic heterocycles. The van der Waals surface area contributed by atoms with E-state index in [2.05, 4.69) is 44.9 Å². The Labute approximate surface area is 157 Å². The molecule has 9 nitrogen and oxygen atoms in total. The third-order valence-electron chi connectivity index (χ3n) is 4.79. The maximum absolute atomic E-state index is 5.07. The maximum Gasteiger partial charge on any atom is 0.233 e. The molecule has 0 radical (unpaired) electrons. The van der Waals surface area contributed by atoms with Gasteiger partial charge in [0, 0.05) is 24.1 Å². The van der Waals surface area contributed by atoms with Gasteiger partial charge in [0.2, 0.25) is 11.5 Å². The fourth-order valence-electron chi connectivity index (χ4n) is 2.99. The summed E-state index contributed by atoms with van der Waals surface area (Å²) in [5.74, 6) is 3.23. The summed E-state index contributed by atoms with van der Waals surface area (Å²) in [7, 11) is 1.56. The van der Waals surface area contributed by atoms with Crippen molar-refractivity contribution in [1.82, 2.24) is 30.0 Å². The van der Waals surface area contributed by atoms with E-state index in [-0.39, 0.29) is 0 Å². The van der Waals surface area contributed by atoms with E-state index in [4.69, 9.17) is 9.84 Å². The SMILES string of the molecule is CCC(CC)Nc1cc(Nc2ccc(OC)nn2)c2nnc(C3CC3)n2n1. The van der Waals surface area contributed by atoms with Crippen molar-refractivity contribution in [2.45, 2.75) is 51.5 Å². The van der Waals surface area contributed by atoms with Gasteiger partial charge in [0.15, 0.2) is 11.6 Å². The van der Waals surface area contributed by atoms with Gasteiger partial charge in [-0.25, -0.2) is 0 Å². The lowest BCUT2D eigenvalue weighted by atomic mass is 10.2. The molecule has 9 heteroatoms. The van der Waals surface area contributed by atoms with E-state index >= 15 is 0 Å². The average Bonchev–Trinajstić information content (AvgIpc) is 3.46. The highest BCUT2D eigenvalue weighted by molar-refractivity contribution is 5.74. The fraction of sp³-hybridized carbons (Fsp3) is 0.500. The number of aromatic nitrogens is 6. The standard InChI is InChI=1S/C18H24N8O/c1-4-12(5-2)19-15-10-13(20-14-8-9-16(27-3)22-21-14)18-24-23-17(11-6-7-11)26(18)25-15/h8-12H,4-7H2,1-3H3,(H,19,25)(H,20,21). The van der Waals surface area contributed by atoms with E-state index in [0.717, 1.165) is 43.0 Å². The summed E-state index contributed by atoms with van der Waals surface area (Å²) in [6.45, 7) is 4.33. The molecule has 1 fully saturated rings. The van der Waals surface area contributed by atoms with Crippen LogP contribution in [0.4, 0.5) is 17.3 Å². The Morgan fingerprint density at radius 2 is 1.93 bits per heavy atom. The normalized spacial score (nSPS) is 13.9. The molecule has 1 saturated carbocycles. The van der Waals surface area contributed by atoms with Crippen LogP contribution in [0.1, 0.15) is 51.3 Å². The molecule has 0 bridgehead atoms. The van der Waals surface area contributed by atoms with Crippen molar-refractivity contribution in [3.8, 4) is 5.88 Å². The number of nitrogens with zero attached hydrogens (tertiary/aromatic N) is 6. The second kappa shape index (κ2) is 7.34. The molecule has 2 N–H and O–H groups in total. The lowest BCUT2D eigenvalue weighted by Crippen LogP contribution is -2.19. The van der Waals surface area contributed by atoms with Crippen LogP contribution >= 0.6 is 0 Å². The van der Waals surface area contributed by atoms with Gasteiger partial charge in [-0.1, -0.05) is 13.8 Å². The molecule has 0 aromatic carbocycles. The molecule has 1 aliphatic rings. The van der Waals surface area contributed by atoms with Crippen molar-refractivity contribution in [2.75, 3.05) is 17.7 Å². The molecule has 1 aliphatic carbocycles. The van der Waals surface area contributed by atoms with Gasteiger partial charge in [0.1, 0.15) is 5.82 Å². The Kier molecular flexibility index (Phi) is 4.74. The summed E-state index contributed by atoms with van der Waals surface area (Å²) >= 11 is 0. The summed E-state index contributed by atoms with van der Waals surface area (Å²) in [4.78, 5) is 0. The summed E-state index contributed by atoms with van der Waals surface area (Å²) in [6, 6.07) is 5.89. The van der Waals surface area contributed by atoms with Crippen LogP contribution in [-0.4, -0.2) is 43.2 Å². The van der Waals surface area contributed by atoms with E-state index in [0.29, 0.717) is 29.3 Å². The highest BCUT2D eigenvalue weighted by atomic mass is 16.5. The van der Waals surface area contributed by atoms with Gasteiger partial charge in [0.25, 0.3) is 0 Å². The molecule has 0 saturated heterocycles. The highest BCUT2D eigenvalue weighted by Crippen LogP contribution is 2.39. The Hall–Kier alpha value is -2.97. The predicted molar refractivity (Wildman–Crippen MR) is 103 cm³/mol. The lowest BCUT2D eigenvalue weighted by molar-refractivity contribution is 0.392. The quantitative estimate of drug-likeness (QED) is 0.625. The van der Waals surface area contributed by atoms with Gasteiger partial charge < -0.3 is 15.4 Å². The first kappa shape index (κ1) is 17.4. The van der Waals surface area contributed by atoms with E-state index in [1.54, 1.807) is 13.2 Å². The summed E-state index contributed by atoms with van der Waals surface area (Å²) < 4.78 is 6.91. The monoisotopic (exact) mass is 368 g/mol. The largest absolute Gasteiger partial charge is 0.480 e. The smallest absolute Gasteiger partial charge is 0.233 e. The zero-order valence-electron chi connectivity index (χ0n) is 15.8. The number of nitrogens with one attached hydrogen (secondary N) is 2. The molecule has 0 spiro atoms. The Bertz CT molecular complexity index is 915. The average molecular weight is 368 g/mol. The van der Waals surface area contributed by atoms with Gasteiger partial charge in [-0.05, 0) is 31.7 Å². The molecule has 3 aromatic rings. The highest BCUT2D eigenvalue weighted by Gasteiger charge is 2.30. The maximum atomic E-state index is 5.07. The molecular formula is C18H24N8O. The van der Waals surface area contributed by atoms with Gasteiger partial charge in [-0.2, -0.15) is 4.52 Å². The third-order valence-corrected chi connectivity index (χ3v) is 4.79. The van der Waals surface area contributed by atoms with Crippen molar-refractivity contribution in [2.24, 2.45) is 0 Å². The summed E-state index contributed by atoms with van der Waals surface area (Å²) in [5, 5.41) is 28.4. The van der Waals surface area contributed by atoms with Crippen LogP contribution in [0.15, 0.2) is 18.2 Å². The van der Waals surface area contributed by atoms with Crippen LogP contribution in [0.25, 0.3) is 5.65 Å². The van der Waals surface area contributed by atoms with Gasteiger partial charge in [0.05, 0.1) is 12.8 Å². The van der Waals surface area contributed by atoms with Crippen molar-refractivity contribution in [3.63, 3.8) is 0 Å². The molecule has 27 heavy (non-hydrogen) atoms. The van der Waals surface area contributed by atoms with E-state index in [1.807, 2.05) is 16.6 Å². The Balaban J connectivity index is 1.72. The Morgan fingerprint density at radius 3 is 2.56 bits per heavy atom. The minimum absolute atomic E-state index is 0.365. The Morgan fingerprint density at radius 1 is 1.11 bits per heavy atom. The first-order valence-electron chi connectivity index (χ1n) is 9.39. The van der Waals surface area contributed by atoms with Crippen LogP contribution in [0, 0.1) is 0 Å². The van der Waals surface area contributed by atoms with E-state index in [9.17, 15) is 0 Å². The van der Waals surface area contributed by atoms with Crippen LogP contribution in [-0.2, 0) is 0 Å². The van der Waals surface area contributed by atoms with Crippen LogP contribution < -0.4 is 15.4 Å². The van der Waals surface area contributed by atoms with E-state index in [1.165, 1.54) is 0 Å². The number of methoxy groups -OCH3 is 1. The van der Waals surface area contributed by atoms with Gasteiger partial charge in [-0.15, -0.1) is 25.5 Å². The van der Waals surface area contributed by atoms with Crippen LogP contribution in [0.3, 0.4) is 0 Å². The van der Waals surface area contributed by atoms with Gasteiger partial charge >= 0.3 is 0 Å². The number of ether oxygens (including phenoxy) is 1. The molecule has 0 amide bonds. The fourth-order valence-corrected chi connectivity index (χ4v) is 2.99. The molecule has 0 aliphatic heterocycles. The molecule has 3 heterocycles. The summed E-state index contributed by atoms with van der Waals surface area (Å²) in [6.07, 6.45) is 4.33. The van der Waals surface area contributed by atoms with Crippen molar-refractivity contribution >= 4 is 23.0 Å². The van der Waals surface area contributed by atoms with Crippen molar-refractivity contribution < 1.29 is 4.74 Å². The lowest BCUT2D eigenvalue weighted by Gasteiger charge is -2.16. The van der Waals surface area contributed by atoms with Crippen LogP contribution in [0.2, 0.25) is 0 Å². The van der Waals surface area contributed by atoms with Crippen LogP contribution in [0.5, 0.6) is 5.88 Å². The number of hydrogen-bond donors (Lipinski definition) is 2. The first-order valence-corrected chi connectivity index (χ1v) is 9.39. The molecular weight excluding hydrogens is 344 g/mol. The van der Waals surface area contributed by atoms with Crippen molar-refractivity contribution in [1.29, 1.82) is 0 Å². The minimum Gasteiger partial charge on any atom is -0.480 e. The van der Waals surface area contributed by atoms with Gasteiger partial charge in [-0.3, -0.25) is 0 Å². The topological polar surface area (TPSA) is 102 Å². The molecule has 142 valence electrons. The molecule has 0 unspecified atom stereocenters. The second-order valence-corrected chi connectivity index (χ2v) is 6.75. The number of hydrogen-bond acceptors (Lipinski definition) is 8. The molecule has 4 rings (SSSR count). The van der Waals surface area contributed by atoms with Crippen molar-refractivity contribution in [3.05, 3.63) is 24.0 Å². The number of anilines is 3. The third kappa shape index (κ3) is 3.62. The zero-order chi connectivity index (χ0) is 18.8. The second-order valence-electron chi connectivity index (χ2n) is 6.75. The number of rotatable bonds is 8. The predicted octanol–water partition coefficient (Wildman–Crippen LogP) is 3.14. The first-order chi connectivity index (χ1) is 13.2.